The molecular formula is C13H22N4O3S. The van der Waals surface area contributed by atoms with Crippen LogP contribution in [0.25, 0.3) is 0 Å². The monoisotopic (exact) mass is 314 g/mol. The molecule has 0 radical (unpaired) electrons. The highest BCUT2D eigenvalue weighted by Gasteiger charge is 2.29. The minimum absolute atomic E-state index is 0.00511. The zero-order valence-corrected chi connectivity index (χ0v) is 13.5. The molecule has 2 unspecified atom stereocenters. The van der Waals surface area contributed by atoms with Crippen molar-refractivity contribution in [2.45, 2.75) is 51.0 Å². The quantitative estimate of drug-likeness (QED) is 0.796. The van der Waals surface area contributed by atoms with Crippen LogP contribution in [0.2, 0.25) is 0 Å². The molecule has 1 aromatic heterocycles. The molecule has 2 atom stereocenters. The lowest BCUT2D eigenvalue weighted by atomic mass is 10.1. The zero-order valence-electron chi connectivity index (χ0n) is 12.7. The molecule has 0 saturated carbocycles. The van der Waals surface area contributed by atoms with Gasteiger partial charge in [-0.2, -0.15) is 0 Å². The van der Waals surface area contributed by atoms with Crippen LogP contribution >= 0.6 is 11.8 Å². The van der Waals surface area contributed by atoms with Crippen molar-refractivity contribution in [2.24, 2.45) is 0 Å². The third kappa shape index (κ3) is 3.68. The van der Waals surface area contributed by atoms with Gasteiger partial charge in [0, 0.05) is 13.1 Å². The molecule has 0 amide bonds. The summed E-state index contributed by atoms with van der Waals surface area (Å²) in [5.41, 5.74) is 0. The van der Waals surface area contributed by atoms with Gasteiger partial charge in [-0.15, -0.1) is 10.2 Å². The second-order valence-corrected chi connectivity index (χ2v) is 6.01. The summed E-state index contributed by atoms with van der Waals surface area (Å²) in [6, 6.07) is 0.285. The van der Waals surface area contributed by atoms with E-state index in [-0.39, 0.29) is 17.9 Å². The maximum atomic E-state index is 10.7. The van der Waals surface area contributed by atoms with Crippen LogP contribution in [0, 0.1) is 0 Å². The number of anilines is 1. The Bertz CT molecular complexity index is 494. The molecule has 1 aliphatic rings. The summed E-state index contributed by atoms with van der Waals surface area (Å²) in [5.74, 6) is -0.0412. The Labute approximate surface area is 128 Å². The Morgan fingerprint density at radius 1 is 1.48 bits per heavy atom. The van der Waals surface area contributed by atoms with Crippen molar-refractivity contribution in [2.75, 3.05) is 23.8 Å². The van der Waals surface area contributed by atoms with E-state index >= 15 is 0 Å². The molecule has 0 aromatic carbocycles. The first kappa shape index (κ1) is 16.1. The van der Waals surface area contributed by atoms with E-state index in [1.807, 2.05) is 18.4 Å². The maximum absolute atomic E-state index is 10.7. The number of hydrogen-bond acceptors (Lipinski definition) is 6. The lowest BCUT2D eigenvalue weighted by Crippen LogP contribution is -2.49. The highest BCUT2D eigenvalue weighted by Crippen LogP contribution is 2.26. The minimum atomic E-state index is -0.848. The average Bonchev–Trinajstić information content (AvgIpc) is 2.87. The van der Waals surface area contributed by atoms with Gasteiger partial charge in [-0.05, 0) is 20.3 Å². The van der Waals surface area contributed by atoms with Crippen LogP contribution in [-0.2, 0) is 16.1 Å². The van der Waals surface area contributed by atoms with Crippen LogP contribution < -0.4 is 4.90 Å². The molecule has 118 valence electrons. The molecule has 2 heterocycles. The average molecular weight is 314 g/mol. The smallest absolute Gasteiger partial charge is 0.313 e. The van der Waals surface area contributed by atoms with Gasteiger partial charge in [0.1, 0.15) is 0 Å². The van der Waals surface area contributed by atoms with Crippen LogP contribution in [0.5, 0.6) is 0 Å². The molecule has 21 heavy (non-hydrogen) atoms. The van der Waals surface area contributed by atoms with E-state index in [1.165, 1.54) is 11.8 Å². The van der Waals surface area contributed by atoms with Crippen molar-refractivity contribution in [1.82, 2.24) is 14.8 Å². The predicted molar refractivity (Wildman–Crippen MR) is 80.9 cm³/mol. The van der Waals surface area contributed by atoms with Gasteiger partial charge in [0.05, 0.1) is 24.5 Å². The van der Waals surface area contributed by atoms with Gasteiger partial charge in [-0.1, -0.05) is 18.7 Å². The molecule has 7 nitrogen and oxygen atoms in total. The Morgan fingerprint density at radius 2 is 2.24 bits per heavy atom. The van der Waals surface area contributed by atoms with E-state index in [1.54, 1.807) is 0 Å². The fourth-order valence-electron chi connectivity index (χ4n) is 2.43. The van der Waals surface area contributed by atoms with E-state index < -0.39 is 5.97 Å². The standard InChI is InChI=1S/C13H22N4O3S/c1-4-10-7-20-9(3)6-17(10)12-14-15-13(16(12)5-2)21-8-11(18)19/h9-10H,4-8H2,1-3H3,(H,18,19). The topological polar surface area (TPSA) is 80.5 Å². The van der Waals surface area contributed by atoms with Gasteiger partial charge in [0.25, 0.3) is 0 Å². The Hall–Kier alpha value is -1.28. The Balaban J connectivity index is 2.23. The number of carbonyl (C=O) groups is 1. The molecule has 1 aromatic rings. The number of aromatic nitrogens is 3. The Morgan fingerprint density at radius 3 is 2.86 bits per heavy atom. The van der Waals surface area contributed by atoms with Crippen LogP contribution in [0.1, 0.15) is 27.2 Å². The molecule has 1 aliphatic heterocycles. The summed E-state index contributed by atoms with van der Waals surface area (Å²) in [5, 5.41) is 17.9. The highest BCUT2D eigenvalue weighted by molar-refractivity contribution is 7.99. The van der Waals surface area contributed by atoms with Crippen LogP contribution in [-0.4, -0.2) is 56.9 Å². The fourth-order valence-corrected chi connectivity index (χ4v) is 3.15. The molecule has 1 fully saturated rings. The second-order valence-electron chi connectivity index (χ2n) is 5.07. The second kappa shape index (κ2) is 7.13. The minimum Gasteiger partial charge on any atom is -0.481 e. The van der Waals surface area contributed by atoms with E-state index in [2.05, 4.69) is 22.0 Å². The van der Waals surface area contributed by atoms with E-state index in [9.17, 15) is 4.79 Å². The van der Waals surface area contributed by atoms with Crippen molar-refractivity contribution in [3.8, 4) is 0 Å². The summed E-state index contributed by atoms with van der Waals surface area (Å²) in [6.45, 7) is 8.37. The molecule has 1 saturated heterocycles. The summed E-state index contributed by atoms with van der Waals surface area (Å²) in [4.78, 5) is 12.9. The molecular weight excluding hydrogens is 292 g/mol. The fraction of sp³-hybridized carbons (Fsp3) is 0.769. The first-order valence-corrected chi connectivity index (χ1v) is 8.21. The van der Waals surface area contributed by atoms with Crippen molar-refractivity contribution < 1.29 is 14.6 Å². The van der Waals surface area contributed by atoms with Crippen molar-refractivity contribution in [3.05, 3.63) is 0 Å². The maximum Gasteiger partial charge on any atom is 0.313 e. The molecule has 2 rings (SSSR count). The van der Waals surface area contributed by atoms with Crippen molar-refractivity contribution in [3.63, 3.8) is 0 Å². The van der Waals surface area contributed by atoms with Gasteiger partial charge in [-0.3, -0.25) is 9.36 Å². The summed E-state index contributed by atoms with van der Waals surface area (Å²) in [6.07, 6.45) is 1.13. The van der Waals surface area contributed by atoms with E-state index in [0.717, 1.165) is 18.9 Å². The van der Waals surface area contributed by atoms with E-state index in [0.29, 0.717) is 18.3 Å². The normalized spacial score (nSPS) is 22.5. The van der Waals surface area contributed by atoms with Crippen molar-refractivity contribution >= 4 is 23.7 Å². The van der Waals surface area contributed by atoms with Crippen LogP contribution in [0.4, 0.5) is 5.95 Å². The molecule has 0 spiro atoms. The first-order valence-electron chi connectivity index (χ1n) is 7.22. The molecule has 0 aliphatic carbocycles. The number of ether oxygens (including phenoxy) is 1. The van der Waals surface area contributed by atoms with Crippen molar-refractivity contribution in [1.29, 1.82) is 0 Å². The van der Waals surface area contributed by atoms with Gasteiger partial charge < -0.3 is 14.7 Å². The summed E-state index contributed by atoms with van der Waals surface area (Å²) in [7, 11) is 0. The third-order valence-electron chi connectivity index (χ3n) is 3.53. The summed E-state index contributed by atoms with van der Waals surface area (Å²) >= 11 is 1.21. The lowest BCUT2D eigenvalue weighted by molar-refractivity contribution is -0.133. The van der Waals surface area contributed by atoms with Gasteiger partial charge in [0.15, 0.2) is 5.16 Å². The van der Waals surface area contributed by atoms with Gasteiger partial charge >= 0.3 is 5.97 Å². The number of rotatable bonds is 6. The number of carboxylic acid groups (broad SMARTS) is 1. The number of thioether (sulfide) groups is 1. The summed E-state index contributed by atoms with van der Waals surface area (Å²) < 4.78 is 7.69. The number of morpholine rings is 1. The number of hydrogen-bond donors (Lipinski definition) is 1. The SMILES string of the molecule is CCC1COC(C)CN1c1nnc(SCC(=O)O)n1CC. The van der Waals surface area contributed by atoms with E-state index in [4.69, 9.17) is 9.84 Å². The first-order chi connectivity index (χ1) is 10.1. The Kier molecular flexibility index (Phi) is 5.46. The van der Waals surface area contributed by atoms with Gasteiger partial charge in [0.2, 0.25) is 5.95 Å². The molecule has 0 bridgehead atoms. The van der Waals surface area contributed by atoms with Crippen LogP contribution in [0.3, 0.4) is 0 Å². The predicted octanol–water partition coefficient (Wildman–Crippen LogP) is 1.48. The zero-order chi connectivity index (χ0) is 15.4. The number of carboxylic acids is 1. The largest absolute Gasteiger partial charge is 0.481 e. The highest BCUT2D eigenvalue weighted by atomic mass is 32.2. The van der Waals surface area contributed by atoms with Crippen LogP contribution in [0.15, 0.2) is 5.16 Å². The van der Waals surface area contributed by atoms with Gasteiger partial charge in [-0.25, -0.2) is 0 Å². The molecule has 1 N–H and O–H groups in total. The third-order valence-corrected chi connectivity index (χ3v) is 4.49. The number of aliphatic carboxylic acids is 1. The molecule has 8 heteroatoms. The lowest BCUT2D eigenvalue weighted by Gasteiger charge is -2.38. The number of nitrogens with zero attached hydrogens (tertiary/aromatic N) is 4.